The van der Waals surface area contributed by atoms with E-state index in [0.29, 0.717) is 0 Å². The molecule has 0 atom stereocenters. The fraction of sp³-hybridized carbons (Fsp3) is 0.636. The molecule has 0 fully saturated rings. The second-order valence-electron chi connectivity index (χ2n) is 3.69. The van der Waals surface area contributed by atoms with Crippen LogP contribution in [0, 0.1) is 0 Å². The van der Waals surface area contributed by atoms with Crippen molar-refractivity contribution in [2.45, 2.75) is 26.3 Å². The van der Waals surface area contributed by atoms with Crippen LogP contribution in [-0.4, -0.2) is 25.6 Å². The molecule has 1 aromatic heterocycles. The van der Waals surface area contributed by atoms with E-state index in [1.807, 2.05) is 20.2 Å². The van der Waals surface area contributed by atoms with Crippen molar-refractivity contribution in [3.63, 3.8) is 0 Å². The summed E-state index contributed by atoms with van der Waals surface area (Å²) in [4.78, 5) is 2.06. The van der Waals surface area contributed by atoms with Crippen molar-refractivity contribution in [3.8, 4) is 5.75 Å². The van der Waals surface area contributed by atoms with Gasteiger partial charge in [-0.15, -0.1) is 0 Å². The summed E-state index contributed by atoms with van der Waals surface area (Å²) in [7, 11) is 4.03. The first-order valence-electron chi connectivity index (χ1n) is 5.07. The quantitative estimate of drug-likeness (QED) is 0.655. The molecule has 14 heavy (non-hydrogen) atoms. The van der Waals surface area contributed by atoms with Gasteiger partial charge in [0.15, 0.2) is 5.75 Å². The van der Waals surface area contributed by atoms with Crippen molar-refractivity contribution in [1.82, 2.24) is 4.90 Å². The van der Waals surface area contributed by atoms with E-state index in [4.69, 9.17) is 9.15 Å². The molecule has 0 aliphatic rings. The highest BCUT2D eigenvalue weighted by Crippen LogP contribution is 2.16. The van der Waals surface area contributed by atoms with Crippen LogP contribution in [0.2, 0.25) is 0 Å². The van der Waals surface area contributed by atoms with E-state index in [9.17, 15) is 0 Å². The third-order valence-corrected chi connectivity index (χ3v) is 1.87. The zero-order valence-corrected chi connectivity index (χ0v) is 9.25. The summed E-state index contributed by atoms with van der Waals surface area (Å²) >= 11 is 0. The summed E-state index contributed by atoms with van der Waals surface area (Å²) in [5, 5.41) is 0. The highest BCUT2D eigenvalue weighted by molar-refractivity contribution is 5.19. The molecule has 1 heterocycles. The van der Waals surface area contributed by atoms with Gasteiger partial charge in [0.05, 0.1) is 13.2 Å². The minimum atomic E-state index is 0.775. The van der Waals surface area contributed by atoms with Crippen LogP contribution in [-0.2, 0) is 6.54 Å². The van der Waals surface area contributed by atoms with Crippen LogP contribution in [0.1, 0.15) is 25.5 Å². The van der Waals surface area contributed by atoms with Gasteiger partial charge in [0.1, 0.15) is 12.0 Å². The van der Waals surface area contributed by atoms with E-state index in [0.717, 1.165) is 37.5 Å². The maximum absolute atomic E-state index is 5.50. The molecule has 0 amide bonds. The molecule has 80 valence electrons. The molecule has 0 N–H and O–H groups in total. The highest BCUT2D eigenvalue weighted by atomic mass is 16.5. The minimum Gasteiger partial charge on any atom is -0.490 e. The molecule has 3 heteroatoms. The number of ether oxygens (including phenoxy) is 1. The summed E-state index contributed by atoms with van der Waals surface area (Å²) < 4.78 is 10.8. The fourth-order valence-corrected chi connectivity index (χ4v) is 1.17. The Morgan fingerprint density at radius 3 is 2.86 bits per heavy atom. The summed E-state index contributed by atoms with van der Waals surface area (Å²) in [6.45, 7) is 3.74. The maximum atomic E-state index is 5.50. The monoisotopic (exact) mass is 197 g/mol. The lowest BCUT2D eigenvalue weighted by Gasteiger charge is -2.04. The molecule has 0 bridgehead atoms. The molecular weight excluding hydrogens is 178 g/mol. The third kappa shape index (κ3) is 3.83. The van der Waals surface area contributed by atoms with Crippen LogP contribution in [0.25, 0.3) is 0 Å². The predicted molar refractivity (Wildman–Crippen MR) is 56.5 cm³/mol. The van der Waals surface area contributed by atoms with Gasteiger partial charge < -0.3 is 14.1 Å². The van der Waals surface area contributed by atoms with E-state index in [1.54, 1.807) is 6.26 Å². The Kier molecular flexibility index (Phi) is 4.53. The van der Waals surface area contributed by atoms with Gasteiger partial charge in [-0.3, -0.25) is 0 Å². The lowest BCUT2D eigenvalue weighted by Crippen LogP contribution is -2.09. The van der Waals surface area contributed by atoms with E-state index in [-0.39, 0.29) is 0 Å². The first-order valence-corrected chi connectivity index (χ1v) is 5.07. The van der Waals surface area contributed by atoms with Gasteiger partial charge in [-0.1, -0.05) is 13.3 Å². The van der Waals surface area contributed by atoms with Crippen molar-refractivity contribution >= 4 is 0 Å². The smallest absolute Gasteiger partial charge is 0.157 e. The molecule has 3 nitrogen and oxygen atoms in total. The Labute approximate surface area is 85.7 Å². The first kappa shape index (κ1) is 11.1. The lowest BCUT2D eigenvalue weighted by atomic mass is 10.3. The van der Waals surface area contributed by atoms with Crippen molar-refractivity contribution in [3.05, 3.63) is 18.1 Å². The van der Waals surface area contributed by atoms with E-state index < -0.39 is 0 Å². The largest absolute Gasteiger partial charge is 0.490 e. The number of unbranched alkanes of at least 4 members (excludes halogenated alkanes) is 1. The number of hydrogen-bond acceptors (Lipinski definition) is 3. The summed E-state index contributed by atoms with van der Waals surface area (Å²) in [5.41, 5.74) is 0. The van der Waals surface area contributed by atoms with Crippen LogP contribution in [0.15, 0.2) is 16.7 Å². The average molecular weight is 197 g/mol. The van der Waals surface area contributed by atoms with Gasteiger partial charge >= 0.3 is 0 Å². The van der Waals surface area contributed by atoms with Crippen LogP contribution in [0.5, 0.6) is 5.75 Å². The minimum absolute atomic E-state index is 0.775. The first-order chi connectivity index (χ1) is 6.72. The van der Waals surface area contributed by atoms with Gasteiger partial charge in [0.2, 0.25) is 0 Å². The van der Waals surface area contributed by atoms with E-state index in [2.05, 4.69) is 11.8 Å². The standard InChI is InChI=1S/C11H19NO2/c1-4-5-6-13-11-7-10(14-9-11)8-12(2)3/h7,9H,4-6,8H2,1-3H3. The van der Waals surface area contributed by atoms with Gasteiger partial charge in [-0.2, -0.15) is 0 Å². The molecule has 0 aromatic carbocycles. The summed E-state index contributed by atoms with van der Waals surface area (Å²) in [5.74, 6) is 1.79. The molecule has 0 spiro atoms. The topological polar surface area (TPSA) is 25.6 Å². The molecule has 0 aliphatic carbocycles. The van der Waals surface area contributed by atoms with Crippen molar-refractivity contribution < 1.29 is 9.15 Å². The van der Waals surface area contributed by atoms with Crippen molar-refractivity contribution in [1.29, 1.82) is 0 Å². The number of rotatable bonds is 6. The predicted octanol–water partition coefficient (Wildman–Crippen LogP) is 2.52. The van der Waals surface area contributed by atoms with Gasteiger partial charge in [-0.25, -0.2) is 0 Å². The van der Waals surface area contributed by atoms with E-state index in [1.165, 1.54) is 0 Å². The fourth-order valence-electron chi connectivity index (χ4n) is 1.17. The highest BCUT2D eigenvalue weighted by Gasteiger charge is 2.03. The maximum Gasteiger partial charge on any atom is 0.157 e. The Bertz CT molecular complexity index is 256. The molecule has 0 saturated heterocycles. The molecule has 1 aromatic rings. The number of nitrogens with zero attached hydrogens (tertiary/aromatic N) is 1. The van der Waals surface area contributed by atoms with E-state index >= 15 is 0 Å². The average Bonchev–Trinajstić information content (AvgIpc) is 2.52. The SMILES string of the molecule is CCCCOc1coc(CN(C)C)c1. The van der Waals surface area contributed by atoms with Crippen molar-refractivity contribution in [2.24, 2.45) is 0 Å². The molecular formula is C11H19NO2. The van der Waals surface area contributed by atoms with Crippen molar-refractivity contribution in [2.75, 3.05) is 20.7 Å². The Morgan fingerprint density at radius 1 is 1.43 bits per heavy atom. The summed E-state index contributed by atoms with van der Waals surface area (Å²) in [6.07, 6.45) is 3.92. The zero-order chi connectivity index (χ0) is 10.4. The lowest BCUT2D eigenvalue weighted by molar-refractivity contribution is 0.305. The normalized spacial score (nSPS) is 10.9. The van der Waals surface area contributed by atoms with Gasteiger partial charge in [-0.05, 0) is 20.5 Å². The number of furan rings is 1. The Hall–Kier alpha value is -0.960. The Morgan fingerprint density at radius 2 is 2.21 bits per heavy atom. The second-order valence-corrected chi connectivity index (χ2v) is 3.69. The molecule has 0 radical (unpaired) electrons. The van der Waals surface area contributed by atoms with Crippen LogP contribution >= 0.6 is 0 Å². The number of hydrogen-bond donors (Lipinski definition) is 0. The van der Waals surface area contributed by atoms with Gasteiger partial charge in [0.25, 0.3) is 0 Å². The zero-order valence-electron chi connectivity index (χ0n) is 9.25. The third-order valence-electron chi connectivity index (χ3n) is 1.87. The molecule has 0 saturated carbocycles. The molecule has 0 aliphatic heterocycles. The molecule has 1 rings (SSSR count). The van der Waals surface area contributed by atoms with Crippen LogP contribution in [0.4, 0.5) is 0 Å². The molecule has 0 unspecified atom stereocenters. The second kappa shape index (κ2) is 5.70. The van der Waals surface area contributed by atoms with Crippen LogP contribution in [0.3, 0.4) is 0 Å². The Balaban J connectivity index is 2.35. The van der Waals surface area contributed by atoms with Crippen LogP contribution < -0.4 is 4.74 Å². The summed E-state index contributed by atoms with van der Waals surface area (Å²) in [6, 6.07) is 1.95. The van der Waals surface area contributed by atoms with Gasteiger partial charge in [0, 0.05) is 6.07 Å².